The smallest absolute Gasteiger partial charge is 0.273 e. The summed E-state index contributed by atoms with van der Waals surface area (Å²) in [6, 6.07) is 8.88. The number of rotatable bonds is 3. The van der Waals surface area contributed by atoms with Gasteiger partial charge in [0.2, 0.25) is 0 Å². The number of hydrogen-bond acceptors (Lipinski definition) is 3. The van der Waals surface area contributed by atoms with Crippen molar-refractivity contribution >= 4 is 11.6 Å². The molecule has 1 aromatic carbocycles. The Morgan fingerprint density at radius 2 is 2.11 bits per heavy atom. The van der Waals surface area contributed by atoms with E-state index >= 15 is 0 Å². The number of nitrogens with zero attached hydrogens (tertiary/aromatic N) is 1. The molecular formula is C15H20N2O2. The zero-order chi connectivity index (χ0) is 13.7. The minimum absolute atomic E-state index is 0.419. The molecule has 2 atom stereocenters. The molecule has 2 N–H and O–H groups in total. The predicted molar refractivity (Wildman–Crippen MR) is 74.6 cm³/mol. The maximum Gasteiger partial charge on any atom is 0.273 e. The first kappa shape index (κ1) is 13.7. The maximum atomic E-state index is 11.8. The van der Waals surface area contributed by atoms with Crippen LogP contribution in [0.25, 0.3) is 0 Å². The van der Waals surface area contributed by atoms with Crippen LogP contribution in [0.15, 0.2) is 35.4 Å². The lowest BCUT2D eigenvalue weighted by atomic mass is 9.89. The molecule has 0 heterocycles. The first-order valence-electron chi connectivity index (χ1n) is 6.78. The van der Waals surface area contributed by atoms with Crippen LogP contribution in [0, 0.1) is 5.92 Å². The van der Waals surface area contributed by atoms with Crippen molar-refractivity contribution in [2.75, 3.05) is 0 Å². The number of benzene rings is 1. The fourth-order valence-electron chi connectivity index (χ4n) is 2.31. The van der Waals surface area contributed by atoms with Crippen LogP contribution < -0.4 is 5.43 Å². The van der Waals surface area contributed by atoms with Crippen LogP contribution in [-0.4, -0.2) is 16.7 Å². The molecule has 1 amide bonds. The Morgan fingerprint density at radius 1 is 1.37 bits per heavy atom. The van der Waals surface area contributed by atoms with E-state index in [1.165, 1.54) is 6.42 Å². The zero-order valence-electron chi connectivity index (χ0n) is 11.2. The van der Waals surface area contributed by atoms with Crippen LogP contribution >= 0.6 is 0 Å². The van der Waals surface area contributed by atoms with E-state index in [1.807, 2.05) is 6.07 Å². The average molecular weight is 260 g/mol. The highest BCUT2D eigenvalue weighted by atomic mass is 16.3. The molecule has 0 aromatic heterocycles. The standard InChI is InChI=1S/C15H20N2O2/c1-11-7-5-6-10-13(11)16-17-15(19)14(18)12-8-3-2-4-9-12/h2-4,8-9,11,14,18H,5-7,10H2,1H3,(H,17,19)/b16-13+. The fourth-order valence-corrected chi connectivity index (χ4v) is 2.31. The Balaban J connectivity index is 1.96. The highest BCUT2D eigenvalue weighted by molar-refractivity contribution is 5.89. The summed E-state index contributed by atoms with van der Waals surface area (Å²) >= 11 is 0. The third-order valence-electron chi connectivity index (χ3n) is 3.56. The topological polar surface area (TPSA) is 61.7 Å². The number of aliphatic hydroxyl groups is 1. The molecule has 0 spiro atoms. The van der Waals surface area contributed by atoms with Gasteiger partial charge < -0.3 is 5.11 Å². The minimum atomic E-state index is -1.16. The van der Waals surface area contributed by atoms with Gasteiger partial charge in [0.1, 0.15) is 0 Å². The van der Waals surface area contributed by atoms with Crippen molar-refractivity contribution in [3.05, 3.63) is 35.9 Å². The van der Waals surface area contributed by atoms with Crippen LogP contribution in [0.5, 0.6) is 0 Å². The van der Waals surface area contributed by atoms with E-state index < -0.39 is 12.0 Å². The van der Waals surface area contributed by atoms with Gasteiger partial charge in [-0.05, 0) is 30.7 Å². The average Bonchev–Trinajstić information content (AvgIpc) is 2.46. The number of carbonyl (C=O) groups is 1. The van der Waals surface area contributed by atoms with Crippen molar-refractivity contribution in [3.63, 3.8) is 0 Å². The van der Waals surface area contributed by atoms with Gasteiger partial charge in [-0.1, -0.05) is 43.7 Å². The van der Waals surface area contributed by atoms with Crippen molar-refractivity contribution in [1.29, 1.82) is 0 Å². The van der Waals surface area contributed by atoms with Crippen LogP contribution in [0.2, 0.25) is 0 Å². The summed E-state index contributed by atoms with van der Waals surface area (Å²) in [5.74, 6) is -0.0561. The van der Waals surface area contributed by atoms with Crippen molar-refractivity contribution in [1.82, 2.24) is 5.43 Å². The molecule has 0 radical (unpaired) electrons. The van der Waals surface area contributed by atoms with E-state index in [0.29, 0.717) is 11.5 Å². The summed E-state index contributed by atoms with van der Waals surface area (Å²) in [7, 11) is 0. The van der Waals surface area contributed by atoms with Crippen LogP contribution in [0.3, 0.4) is 0 Å². The SMILES string of the molecule is CC1CCCC/C1=N\NC(=O)C(O)c1ccccc1. The van der Waals surface area contributed by atoms with Crippen LogP contribution in [0.1, 0.15) is 44.3 Å². The number of nitrogens with one attached hydrogen (secondary N) is 1. The molecule has 0 aliphatic heterocycles. The molecule has 1 aromatic rings. The van der Waals surface area contributed by atoms with Gasteiger partial charge in [-0.3, -0.25) is 4.79 Å². The zero-order valence-corrected chi connectivity index (χ0v) is 11.2. The number of amides is 1. The number of aliphatic hydroxyl groups excluding tert-OH is 1. The lowest BCUT2D eigenvalue weighted by Crippen LogP contribution is -2.28. The molecule has 1 aliphatic rings. The van der Waals surface area contributed by atoms with Gasteiger partial charge in [0.25, 0.3) is 5.91 Å². The summed E-state index contributed by atoms with van der Waals surface area (Å²) in [5.41, 5.74) is 4.09. The Labute approximate surface area is 113 Å². The van der Waals surface area contributed by atoms with Gasteiger partial charge in [-0.2, -0.15) is 5.10 Å². The van der Waals surface area contributed by atoms with E-state index in [0.717, 1.165) is 25.0 Å². The third-order valence-corrected chi connectivity index (χ3v) is 3.56. The van der Waals surface area contributed by atoms with E-state index in [9.17, 15) is 9.90 Å². The molecule has 102 valence electrons. The van der Waals surface area contributed by atoms with Gasteiger partial charge in [-0.25, -0.2) is 5.43 Å². The second kappa shape index (κ2) is 6.48. The molecule has 1 saturated carbocycles. The largest absolute Gasteiger partial charge is 0.378 e. The summed E-state index contributed by atoms with van der Waals surface area (Å²) in [4.78, 5) is 11.8. The van der Waals surface area contributed by atoms with Crippen molar-refractivity contribution in [2.24, 2.45) is 11.0 Å². The van der Waals surface area contributed by atoms with Crippen molar-refractivity contribution in [2.45, 2.75) is 38.7 Å². The van der Waals surface area contributed by atoms with E-state index in [1.54, 1.807) is 24.3 Å². The van der Waals surface area contributed by atoms with Crippen molar-refractivity contribution < 1.29 is 9.90 Å². The second-order valence-corrected chi connectivity index (χ2v) is 5.04. The molecule has 2 unspecified atom stereocenters. The molecule has 4 heteroatoms. The van der Waals surface area contributed by atoms with Crippen molar-refractivity contribution in [3.8, 4) is 0 Å². The summed E-state index contributed by atoms with van der Waals surface area (Å²) in [6.07, 6.45) is 3.24. The number of hydrazone groups is 1. The Kier molecular flexibility index (Phi) is 4.68. The van der Waals surface area contributed by atoms with Gasteiger partial charge in [0, 0.05) is 5.71 Å². The summed E-state index contributed by atoms with van der Waals surface area (Å²) in [5, 5.41) is 14.1. The fraction of sp³-hybridized carbons (Fsp3) is 0.467. The van der Waals surface area contributed by atoms with Gasteiger partial charge in [-0.15, -0.1) is 0 Å². The monoisotopic (exact) mass is 260 g/mol. The first-order valence-corrected chi connectivity index (χ1v) is 6.78. The first-order chi connectivity index (χ1) is 9.18. The van der Waals surface area contributed by atoms with E-state index in [4.69, 9.17) is 0 Å². The Morgan fingerprint density at radius 3 is 2.79 bits per heavy atom. The lowest BCUT2D eigenvalue weighted by Gasteiger charge is -2.20. The van der Waals surface area contributed by atoms with E-state index in [-0.39, 0.29) is 0 Å². The molecule has 1 fully saturated rings. The van der Waals surface area contributed by atoms with Gasteiger partial charge in [0.15, 0.2) is 6.10 Å². The Hall–Kier alpha value is -1.68. The number of carbonyl (C=O) groups excluding carboxylic acids is 1. The molecule has 0 saturated heterocycles. The van der Waals surface area contributed by atoms with Crippen LogP contribution in [-0.2, 0) is 4.79 Å². The number of hydrogen-bond donors (Lipinski definition) is 2. The second-order valence-electron chi connectivity index (χ2n) is 5.04. The Bertz CT molecular complexity index is 456. The highest BCUT2D eigenvalue weighted by Crippen LogP contribution is 2.20. The summed E-state index contributed by atoms with van der Waals surface area (Å²) in [6.45, 7) is 2.12. The molecule has 2 rings (SSSR count). The minimum Gasteiger partial charge on any atom is -0.378 e. The predicted octanol–water partition coefficient (Wildman–Crippen LogP) is 2.40. The van der Waals surface area contributed by atoms with E-state index in [2.05, 4.69) is 17.5 Å². The van der Waals surface area contributed by atoms with Gasteiger partial charge in [0.05, 0.1) is 0 Å². The molecule has 19 heavy (non-hydrogen) atoms. The molecule has 1 aliphatic carbocycles. The molecule has 0 bridgehead atoms. The van der Waals surface area contributed by atoms with Gasteiger partial charge >= 0.3 is 0 Å². The summed E-state index contributed by atoms with van der Waals surface area (Å²) < 4.78 is 0. The quantitative estimate of drug-likeness (QED) is 0.820. The molecular weight excluding hydrogens is 240 g/mol. The molecule has 4 nitrogen and oxygen atoms in total. The third kappa shape index (κ3) is 3.64. The highest BCUT2D eigenvalue weighted by Gasteiger charge is 2.19. The maximum absolute atomic E-state index is 11.8. The van der Waals surface area contributed by atoms with Crippen LogP contribution in [0.4, 0.5) is 0 Å². The normalized spacial score (nSPS) is 23.1. The lowest BCUT2D eigenvalue weighted by molar-refractivity contribution is -0.129.